The van der Waals surface area contributed by atoms with Gasteiger partial charge in [-0.3, -0.25) is 10.1 Å². The van der Waals surface area contributed by atoms with Crippen molar-refractivity contribution in [3.8, 4) is 5.75 Å². The van der Waals surface area contributed by atoms with Gasteiger partial charge in [0.15, 0.2) is 11.2 Å². The first-order chi connectivity index (χ1) is 11.0. The largest absolute Gasteiger partial charge is 0.481 e. The number of anilines is 1. The maximum absolute atomic E-state index is 12.3. The van der Waals surface area contributed by atoms with E-state index in [0.717, 1.165) is 15.8 Å². The van der Waals surface area contributed by atoms with Crippen molar-refractivity contribution in [3.63, 3.8) is 0 Å². The fourth-order valence-electron chi connectivity index (χ4n) is 2.09. The van der Waals surface area contributed by atoms with E-state index in [9.17, 15) is 4.79 Å². The summed E-state index contributed by atoms with van der Waals surface area (Å²) < 4.78 is 6.65. The Kier molecular flexibility index (Phi) is 4.50. The zero-order chi connectivity index (χ0) is 16.4. The number of aryl methyl sites for hydroxylation is 1. The van der Waals surface area contributed by atoms with Crippen LogP contribution in [0.25, 0.3) is 10.2 Å². The quantitative estimate of drug-likeness (QED) is 0.747. The van der Waals surface area contributed by atoms with E-state index in [1.165, 1.54) is 11.3 Å². The molecule has 0 saturated heterocycles. The number of fused-ring (bicyclic) bond motifs is 1. The van der Waals surface area contributed by atoms with Crippen molar-refractivity contribution in [2.75, 3.05) is 5.32 Å². The molecule has 23 heavy (non-hydrogen) atoms. The van der Waals surface area contributed by atoms with Crippen LogP contribution in [0.1, 0.15) is 12.5 Å². The monoisotopic (exact) mass is 346 g/mol. The van der Waals surface area contributed by atoms with Gasteiger partial charge in [-0.05, 0) is 43.7 Å². The number of hydrogen-bond acceptors (Lipinski definition) is 4. The maximum Gasteiger partial charge on any atom is 0.266 e. The van der Waals surface area contributed by atoms with E-state index in [-0.39, 0.29) is 5.91 Å². The predicted octanol–water partition coefficient (Wildman–Crippen LogP) is 4.66. The summed E-state index contributed by atoms with van der Waals surface area (Å²) in [6.45, 7) is 3.66. The molecule has 0 bridgehead atoms. The Morgan fingerprint density at radius 2 is 2.09 bits per heavy atom. The number of aromatic nitrogens is 1. The minimum Gasteiger partial charge on any atom is -0.481 e. The molecular formula is C17H15ClN2O2S. The predicted molar refractivity (Wildman–Crippen MR) is 94.5 cm³/mol. The van der Waals surface area contributed by atoms with Crippen molar-refractivity contribution in [3.05, 3.63) is 53.1 Å². The van der Waals surface area contributed by atoms with Gasteiger partial charge in [-0.25, -0.2) is 4.98 Å². The van der Waals surface area contributed by atoms with Crippen molar-refractivity contribution in [1.29, 1.82) is 0 Å². The second-order valence-electron chi connectivity index (χ2n) is 5.15. The summed E-state index contributed by atoms with van der Waals surface area (Å²) in [7, 11) is 0. The first kappa shape index (κ1) is 15.8. The summed E-state index contributed by atoms with van der Waals surface area (Å²) in [5, 5.41) is 3.97. The second-order valence-corrected chi connectivity index (χ2v) is 6.61. The summed E-state index contributed by atoms with van der Waals surface area (Å²) in [5.41, 5.74) is 1.80. The number of carbonyl (C=O) groups excluding carboxylic acids is 1. The molecule has 0 saturated carbocycles. The molecule has 0 aliphatic carbocycles. The lowest BCUT2D eigenvalue weighted by Gasteiger charge is -2.15. The highest BCUT2D eigenvalue weighted by atomic mass is 35.5. The summed E-state index contributed by atoms with van der Waals surface area (Å²) in [5.74, 6) is 0.463. The van der Waals surface area contributed by atoms with Gasteiger partial charge in [0, 0.05) is 5.02 Å². The molecule has 1 atom stereocenters. The molecule has 118 valence electrons. The van der Waals surface area contributed by atoms with Crippen LogP contribution in [0.5, 0.6) is 5.75 Å². The average molecular weight is 347 g/mol. The molecule has 3 aromatic rings. The lowest BCUT2D eigenvalue weighted by Crippen LogP contribution is -2.30. The van der Waals surface area contributed by atoms with Crippen LogP contribution < -0.4 is 10.1 Å². The van der Waals surface area contributed by atoms with Crippen LogP contribution in [-0.2, 0) is 4.79 Å². The van der Waals surface area contributed by atoms with Gasteiger partial charge < -0.3 is 4.74 Å². The van der Waals surface area contributed by atoms with Crippen molar-refractivity contribution in [1.82, 2.24) is 4.98 Å². The van der Waals surface area contributed by atoms with Crippen LogP contribution in [0.15, 0.2) is 42.5 Å². The molecule has 0 spiro atoms. The van der Waals surface area contributed by atoms with Crippen molar-refractivity contribution >= 4 is 44.2 Å². The Bertz CT molecular complexity index is 863. The first-order valence-corrected chi connectivity index (χ1v) is 8.31. The molecule has 4 nitrogen and oxygen atoms in total. The number of amides is 1. The maximum atomic E-state index is 12.3. The molecule has 1 amide bonds. The summed E-state index contributed by atoms with van der Waals surface area (Å²) in [6, 6.07) is 13.0. The van der Waals surface area contributed by atoms with Crippen LogP contribution in [0.3, 0.4) is 0 Å². The molecule has 1 heterocycles. The van der Waals surface area contributed by atoms with Gasteiger partial charge in [0.25, 0.3) is 5.91 Å². The Morgan fingerprint density at radius 1 is 1.30 bits per heavy atom. The fraction of sp³-hybridized carbons (Fsp3) is 0.176. The molecule has 6 heteroatoms. The Labute approximate surface area is 143 Å². The number of nitrogens with zero attached hydrogens (tertiary/aromatic N) is 1. The first-order valence-electron chi connectivity index (χ1n) is 7.12. The number of nitrogens with one attached hydrogen (secondary N) is 1. The molecule has 1 aromatic heterocycles. The third-order valence-electron chi connectivity index (χ3n) is 3.35. The number of thiazole rings is 1. The smallest absolute Gasteiger partial charge is 0.266 e. The van der Waals surface area contributed by atoms with Gasteiger partial charge in [0.2, 0.25) is 0 Å². The Balaban J connectivity index is 1.71. The van der Waals surface area contributed by atoms with E-state index in [1.54, 1.807) is 13.0 Å². The molecule has 0 unspecified atom stereocenters. The van der Waals surface area contributed by atoms with Crippen LogP contribution in [0.4, 0.5) is 5.13 Å². The van der Waals surface area contributed by atoms with Gasteiger partial charge in [-0.15, -0.1) is 0 Å². The highest BCUT2D eigenvalue weighted by molar-refractivity contribution is 7.22. The summed E-state index contributed by atoms with van der Waals surface area (Å²) in [6.07, 6.45) is -0.619. The van der Waals surface area contributed by atoms with Crippen molar-refractivity contribution in [2.24, 2.45) is 0 Å². The fourth-order valence-corrected chi connectivity index (χ4v) is 3.24. The summed E-state index contributed by atoms with van der Waals surface area (Å²) in [4.78, 5) is 16.6. The van der Waals surface area contributed by atoms with Crippen LogP contribution in [0.2, 0.25) is 5.02 Å². The van der Waals surface area contributed by atoms with Gasteiger partial charge in [0.05, 0.1) is 10.2 Å². The zero-order valence-electron chi connectivity index (χ0n) is 12.7. The molecule has 0 fully saturated rings. The minimum atomic E-state index is -0.619. The minimum absolute atomic E-state index is 0.238. The van der Waals surface area contributed by atoms with E-state index in [0.29, 0.717) is 15.9 Å². The average Bonchev–Trinajstić information content (AvgIpc) is 2.90. The highest BCUT2D eigenvalue weighted by Crippen LogP contribution is 2.28. The number of hydrogen-bond donors (Lipinski definition) is 1. The Morgan fingerprint density at radius 3 is 2.87 bits per heavy atom. The molecule has 3 rings (SSSR count). The third-order valence-corrected chi connectivity index (χ3v) is 4.52. The van der Waals surface area contributed by atoms with Gasteiger partial charge >= 0.3 is 0 Å². The number of carbonyl (C=O) groups is 1. The highest BCUT2D eigenvalue weighted by Gasteiger charge is 2.17. The van der Waals surface area contributed by atoms with Crippen LogP contribution >= 0.6 is 22.9 Å². The number of halogens is 1. The number of ether oxygens (including phenoxy) is 1. The molecule has 2 aromatic carbocycles. The van der Waals surface area contributed by atoms with Crippen molar-refractivity contribution in [2.45, 2.75) is 20.0 Å². The van der Waals surface area contributed by atoms with Gasteiger partial charge in [0.1, 0.15) is 5.75 Å². The van der Waals surface area contributed by atoms with E-state index >= 15 is 0 Å². The molecule has 0 aliphatic heterocycles. The van der Waals surface area contributed by atoms with E-state index in [2.05, 4.69) is 10.3 Å². The molecular weight excluding hydrogens is 332 g/mol. The second kappa shape index (κ2) is 6.56. The number of para-hydroxylation sites is 1. The SMILES string of the molecule is Cc1ccccc1O[C@@H](C)C(=O)Nc1nc2ccc(Cl)cc2s1. The standard InChI is InChI=1S/C17H15ClN2O2S/c1-10-5-3-4-6-14(10)22-11(2)16(21)20-17-19-13-8-7-12(18)9-15(13)23-17/h3-9,11H,1-2H3,(H,19,20,21)/t11-/m0/s1. The van der Waals surface area contributed by atoms with Crippen LogP contribution in [0, 0.1) is 6.92 Å². The topological polar surface area (TPSA) is 51.2 Å². The van der Waals surface area contributed by atoms with E-state index in [4.69, 9.17) is 16.3 Å². The lowest BCUT2D eigenvalue weighted by molar-refractivity contribution is -0.122. The van der Waals surface area contributed by atoms with E-state index < -0.39 is 6.10 Å². The normalized spacial score (nSPS) is 12.1. The number of benzene rings is 2. The summed E-state index contributed by atoms with van der Waals surface area (Å²) >= 11 is 7.34. The molecule has 0 aliphatic rings. The van der Waals surface area contributed by atoms with Gasteiger partial charge in [-0.1, -0.05) is 41.1 Å². The Hall–Kier alpha value is -2.11. The molecule has 1 N–H and O–H groups in total. The van der Waals surface area contributed by atoms with E-state index in [1.807, 2.05) is 43.3 Å². The number of rotatable bonds is 4. The lowest BCUT2D eigenvalue weighted by atomic mass is 10.2. The van der Waals surface area contributed by atoms with Crippen LogP contribution in [-0.4, -0.2) is 17.0 Å². The third kappa shape index (κ3) is 3.63. The van der Waals surface area contributed by atoms with Crippen molar-refractivity contribution < 1.29 is 9.53 Å². The molecule has 0 radical (unpaired) electrons. The van der Waals surface area contributed by atoms with Gasteiger partial charge in [-0.2, -0.15) is 0 Å². The zero-order valence-corrected chi connectivity index (χ0v) is 14.2.